The first-order valence-electron chi connectivity index (χ1n) is 16.0. The number of likely N-dealkylation sites (tertiary alicyclic amines) is 1. The van der Waals surface area contributed by atoms with Gasteiger partial charge in [0.1, 0.15) is 22.7 Å². The third kappa shape index (κ3) is 4.21. The Morgan fingerprint density at radius 2 is 1.96 bits per heavy atom. The molecule has 9 rings (SSSR count). The molecule has 0 radical (unpaired) electrons. The van der Waals surface area contributed by atoms with E-state index in [0.717, 1.165) is 58.7 Å². The van der Waals surface area contributed by atoms with Crippen molar-refractivity contribution < 1.29 is 19.1 Å². The SMILES string of the molecule is COc1cc(C(=O)N2CC3CCC2[C@@H]3N)cc2nc(-c3cc4ccc(-c5ccc6c(c5)OCC(=O)N6)nc4n3CC3CC3)n(C)c12. The van der Waals surface area contributed by atoms with E-state index in [4.69, 9.17) is 25.2 Å². The van der Waals surface area contributed by atoms with E-state index in [1.54, 1.807) is 7.11 Å². The lowest BCUT2D eigenvalue weighted by Crippen LogP contribution is -2.41. The predicted octanol–water partition coefficient (Wildman–Crippen LogP) is 4.57. The molecule has 234 valence electrons. The summed E-state index contributed by atoms with van der Waals surface area (Å²) in [5, 5.41) is 3.87. The van der Waals surface area contributed by atoms with Crippen LogP contribution >= 0.6 is 0 Å². The largest absolute Gasteiger partial charge is 0.494 e. The normalized spacial score (nSPS) is 21.9. The maximum Gasteiger partial charge on any atom is 0.262 e. The van der Waals surface area contributed by atoms with Crippen molar-refractivity contribution in [3.8, 4) is 34.3 Å². The highest BCUT2D eigenvalue weighted by molar-refractivity contribution is 6.01. The minimum absolute atomic E-state index is 0.00236. The fraction of sp³-hybridized carbons (Fsp3) is 0.371. The second kappa shape index (κ2) is 10.1. The Labute approximate surface area is 265 Å². The van der Waals surface area contributed by atoms with E-state index >= 15 is 0 Å². The molecule has 5 heterocycles. The van der Waals surface area contributed by atoms with Gasteiger partial charge in [0.05, 0.1) is 29.7 Å². The second-order valence-corrected chi connectivity index (χ2v) is 13.2. The zero-order valence-corrected chi connectivity index (χ0v) is 25.8. The van der Waals surface area contributed by atoms with Crippen LogP contribution in [0.25, 0.3) is 44.8 Å². The molecule has 3 fully saturated rings. The summed E-state index contributed by atoms with van der Waals surface area (Å²) in [5.74, 6) is 2.85. The molecule has 1 saturated heterocycles. The highest BCUT2D eigenvalue weighted by atomic mass is 16.5. The Hall–Kier alpha value is -4.90. The number of methoxy groups -OCH3 is 1. The van der Waals surface area contributed by atoms with Gasteiger partial charge in [-0.3, -0.25) is 9.59 Å². The van der Waals surface area contributed by atoms with Gasteiger partial charge >= 0.3 is 0 Å². The number of nitrogens with zero attached hydrogens (tertiary/aromatic N) is 5. The first kappa shape index (κ1) is 27.4. The van der Waals surface area contributed by atoms with Crippen LogP contribution in [0.3, 0.4) is 0 Å². The quantitative estimate of drug-likeness (QED) is 0.286. The molecular weight excluding hydrogens is 582 g/mol. The molecule has 2 unspecified atom stereocenters. The number of aromatic nitrogens is 4. The fourth-order valence-corrected chi connectivity index (χ4v) is 7.72. The van der Waals surface area contributed by atoms with Crippen molar-refractivity contribution >= 4 is 39.6 Å². The average molecular weight is 618 g/mol. The van der Waals surface area contributed by atoms with Gasteiger partial charge in [0, 0.05) is 48.7 Å². The van der Waals surface area contributed by atoms with Gasteiger partial charge < -0.3 is 34.6 Å². The number of anilines is 1. The molecule has 3 N–H and O–H groups in total. The number of nitrogens with one attached hydrogen (secondary N) is 1. The van der Waals surface area contributed by atoms with E-state index in [-0.39, 0.29) is 30.5 Å². The third-order valence-corrected chi connectivity index (χ3v) is 10.3. The van der Waals surface area contributed by atoms with Crippen LogP contribution in [0.2, 0.25) is 0 Å². The van der Waals surface area contributed by atoms with Crippen molar-refractivity contribution in [1.29, 1.82) is 0 Å². The predicted molar refractivity (Wildman–Crippen MR) is 174 cm³/mol. The minimum atomic E-state index is -0.157. The molecule has 11 heteroatoms. The molecule has 5 aromatic rings. The molecular formula is C35H35N7O4. The summed E-state index contributed by atoms with van der Waals surface area (Å²) < 4.78 is 15.9. The lowest BCUT2D eigenvalue weighted by Gasteiger charge is -2.27. The molecule has 3 atom stereocenters. The molecule has 4 aliphatic rings. The maximum absolute atomic E-state index is 13.7. The van der Waals surface area contributed by atoms with Gasteiger partial charge in [-0.25, -0.2) is 9.97 Å². The van der Waals surface area contributed by atoms with Crippen molar-refractivity contribution in [1.82, 2.24) is 24.0 Å². The Morgan fingerprint density at radius 1 is 1.09 bits per heavy atom. The number of fused-ring (bicyclic) bond motifs is 5. The number of nitrogens with two attached hydrogens (primary N) is 1. The Bertz CT molecular complexity index is 2090. The Kier molecular flexibility index (Phi) is 5.99. The summed E-state index contributed by atoms with van der Waals surface area (Å²) in [6, 6.07) is 15.9. The molecule has 2 bridgehead atoms. The van der Waals surface area contributed by atoms with E-state index in [1.165, 1.54) is 12.8 Å². The zero-order valence-electron chi connectivity index (χ0n) is 25.8. The number of imidazole rings is 1. The topological polar surface area (TPSA) is 130 Å². The van der Waals surface area contributed by atoms with E-state index in [1.807, 2.05) is 48.3 Å². The molecule has 0 spiro atoms. The Balaban J connectivity index is 1.13. The fourth-order valence-electron chi connectivity index (χ4n) is 7.72. The van der Waals surface area contributed by atoms with Crippen LogP contribution in [0.1, 0.15) is 36.0 Å². The minimum Gasteiger partial charge on any atom is -0.494 e. The maximum atomic E-state index is 13.7. The van der Waals surface area contributed by atoms with Gasteiger partial charge in [0.2, 0.25) is 0 Å². The van der Waals surface area contributed by atoms with Crippen LogP contribution in [-0.2, 0) is 18.4 Å². The summed E-state index contributed by atoms with van der Waals surface area (Å²) in [7, 11) is 3.63. The third-order valence-electron chi connectivity index (χ3n) is 10.3. The molecule has 2 saturated carbocycles. The van der Waals surface area contributed by atoms with Crippen LogP contribution < -0.4 is 20.5 Å². The van der Waals surface area contributed by atoms with Crippen LogP contribution in [0, 0.1) is 11.8 Å². The lowest BCUT2D eigenvalue weighted by atomic mass is 10.1. The van der Waals surface area contributed by atoms with Gasteiger partial charge in [-0.1, -0.05) is 6.07 Å². The second-order valence-electron chi connectivity index (χ2n) is 13.2. The van der Waals surface area contributed by atoms with E-state index in [0.29, 0.717) is 46.6 Å². The zero-order chi connectivity index (χ0) is 31.3. The highest BCUT2D eigenvalue weighted by Crippen LogP contribution is 2.41. The molecule has 2 aliphatic carbocycles. The van der Waals surface area contributed by atoms with Crippen molar-refractivity contribution in [2.24, 2.45) is 24.6 Å². The van der Waals surface area contributed by atoms with Crippen molar-refractivity contribution in [3.63, 3.8) is 0 Å². The standard InChI is InChI=1S/C35H35N7O4/c1-40-32-25(11-22(14-29(32)45-2)35(44)42-16-21-7-10-26(42)31(21)36)39-34(40)27-12-20-6-8-23(38-33(20)41(27)15-18-3-4-18)19-5-9-24-28(13-19)46-17-30(43)37-24/h5-6,8-9,11-14,18,21,26,31H,3-4,7,10,15-17,36H2,1-2H3,(H,37,43)/t21?,26?,31-/m1/s1. The summed E-state index contributed by atoms with van der Waals surface area (Å²) in [6.07, 6.45) is 4.44. The number of carbonyl (C=O) groups excluding carboxylic acids is 2. The Morgan fingerprint density at radius 3 is 2.72 bits per heavy atom. The van der Waals surface area contributed by atoms with E-state index in [2.05, 4.69) is 26.6 Å². The number of aryl methyl sites for hydroxylation is 1. The number of piperidine rings is 1. The van der Waals surface area contributed by atoms with Gasteiger partial charge in [-0.15, -0.1) is 0 Å². The van der Waals surface area contributed by atoms with Crippen molar-refractivity contribution in [3.05, 3.63) is 54.1 Å². The number of hydrogen-bond acceptors (Lipinski definition) is 7. The van der Waals surface area contributed by atoms with Gasteiger partial charge in [0.15, 0.2) is 12.4 Å². The summed E-state index contributed by atoms with van der Waals surface area (Å²) in [5.41, 5.74) is 12.8. The number of benzene rings is 2. The van der Waals surface area contributed by atoms with Crippen molar-refractivity contribution in [2.75, 3.05) is 25.6 Å². The first-order chi connectivity index (χ1) is 22.4. The number of ether oxygens (including phenoxy) is 2. The van der Waals surface area contributed by atoms with Crippen LogP contribution in [-0.4, -0.2) is 68.2 Å². The first-order valence-corrected chi connectivity index (χ1v) is 16.0. The average Bonchev–Trinajstić information content (AvgIpc) is 3.47. The molecule has 2 amide bonds. The van der Waals surface area contributed by atoms with Gasteiger partial charge in [0.25, 0.3) is 11.8 Å². The number of hydrogen-bond donors (Lipinski definition) is 2. The number of pyridine rings is 1. The lowest BCUT2D eigenvalue weighted by molar-refractivity contribution is -0.118. The van der Waals surface area contributed by atoms with E-state index < -0.39 is 0 Å². The summed E-state index contributed by atoms with van der Waals surface area (Å²) >= 11 is 0. The number of rotatable bonds is 6. The van der Waals surface area contributed by atoms with Crippen LogP contribution in [0.5, 0.6) is 11.5 Å². The number of amides is 2. The summed E-state index contributed by atoms with van der Waals surface area (Å²) in [6.45, 7) is 1.56. The monoisotopic (exact) mass is 617 g/mol. The molecule has 46 heavy (non-hydrogen) atoms. The molecule has 11 nitrogen and oxygen atoms in total. The molecule has 2 aromatic carbocycles. The van der Waals surface area contributed by atoms with Crippen molar-refractivity contribution in [2.45, 2.75) is 44.3 Å². The molecule has 2 aliphatic heterocycles. The van der Waals surface area contributed by atoms with Gasteiger partial charge in [-0.2, -0.15) is 0 Å². The van der Waals surface area contributed by atoms with Crippen LogP contribution in [0.4, 0.5) is 5.69 Å². The van der Waals surface area contributed by atoms with E-state index in [9.17, 15) is 9.59 Å². The van der Waals surface area contributed by atoms with Crippen LogP contribution in [0.15, 0.2) is 48.5 Å². The highest BCUT2D eigenvalue weighted by Gasteiger charge is 2.47. The number of carbonyl (C=O) groups is 2. The van der Waals surface area contributed by atoms with Gasteiger partial charge in [-0.05, 0) is 80.0 Å². The smallest absolute Gasteiger partial charge is 0.262 e. The summed E-state index contributed by atoms with van der Waals surface area (Å²) in [4.78, 5) is 37.7. The molecule has 3 aromatic heterocycles.